The van der Waals surface area contributed by atoms with Crippen LogP contribution in [0, 0.1) is 0 Å². The molecule has 9 nitrogen and oxygen atoms in total. The molecule has 502 valence electrons. The van der Waals surface area contributed by atoms with E-state index < -0.39 is 26.5 Å². The minimum absolute atomic E-state index is 0.0378. The number of phosphoric acid groups is 1. The highest BCUT2D eigenvalue weighted by atomic mass is 31.2. The van der Waals surface area contributed by atoms with Gasteiger partial charge in [-0.15, -0.1) is 0 Å². The fraction of sp³-hybridized carbons (Fsp3) is 0.973. The van der Waals surface area contributed by atoms with E-state index in [9.17, 15) is 19.0 Å². The summed E-state index contributed by atoms with van der Waals surface area (Å²) >= 11 is 0. The number of hydrogen-bond donors (Lipinski definition) is 1. The van der Waals surface area contributed by atoms with Crippen LogP contribution in [0.1, 0.15) is 412 Å². The number of carbonyl (C=O) groups excluding carboxylic acids is 2. The van der Waals surface area contributed by atoms with Gasteiger partial charge in [-0.3, -0.25) is 18.6 Å². The monoisotopic (exact) mass is 1210 g/mol. The van der Waals surface area contributed by atoms with Gasteiger partial charge in [0.2, 0.25) is 0 Å². The van der Waals surface area contributed by atoms with Crippen LogP contribution >= 0.6 is 7.82 Å². The van der Waals surface area contributed by atoms with Gasteiger partial charge in [-0.05, 0) is 12.8 Å². The molecule has 0 spiro atoms. The van der Waals surface area contributed by atoms with Gasteiger partial charge in [0, 0.05) is 12.8 Å². The summed E-state index contributed by atoms with van der Waals surface area (Å²) < 4.78 is 34.8. The molecule has 0 bridgehead atoms. The van der Waals surface area contributed by atoms with Crippen LogP contribution in [0.25, 0.3) is 0 Å². The minimum Gasteiger partial charge on any atom is -0.462 e. The number of likely N-dealkylation sites (N-methyl/N-ethyl adjacent to an activating group) is 1. The first kappa shape index (κ1) is 83.0. The van der Waals surface area contributed by atoms with E-state index in [0.29, 0.717) is 17.4 Å². The molecule has 0 saturated heterocycles. The number of carbonyl (C=O) groups is 2. The van der Waals surface area contributed by atoms with E-state index in [1.54, 1.807) is 0 Å². The predicted molar refractivity (Wildman–Crippen MR) is 363 cm³/mol. The first-order valence-electron chi connectivity index (χ1n) is 37.8. The van der Waals surface area contributed by atoms with Crippen molar-refractivity contribution in [3.05, 3.63) is 0 Å². The van der Waals surface area contributed by atoms with Crippen molar-refractivity contribution >= 4 is 19.8 Å². The van der Waals surface area contributed by atoms with Gasteiger partial charge in [0.25, 0.3) is 0 Å². The van der Waals surface area contributed by atoms with Gasteiger partial charge in [0.15, 0.2) is 6.10 Å². The molecular weight excluding hydrogens is 1060 g/mol. The van der Waals surface area contributed by atoms with Crippen LogP contribution in [0.3, 0.4) is 0 Å². The van der Waals surface area contributed by atoms with Crippen LogP contribution in [0.5, 0.6) is 0 Å². The van der Waals surface area contributed by atoms with Gasteiger partial charge in [-0.25, -0.2) is 4.57 Å². The fourth-order valence-electron chi connectivity index (χ4n) is 11.8. The number of unbranched alkanes of at least 4 members (excludes halogenated alkanes) is 58. The fourth-order valence-corrected chi connectivity index (χ4v) is 12.6. The van der Waals surface area contributed by atoms with Crippen LogP contribution in [0.15, 0.2) is 0 Å². The summed E-state index contributed by atoms with van der Waals surface area (Å²) in [7, 11) is 1.51. The van der Waals surface area contributed by atoms with Gasteiger partial charge in [0.05, 0.1) is 27.7 Å². The topological polar surface area (TPSA) is 108 Å². The smallest absolute Gasteiger partial charge is 0.462 e. The second kappa shape index (κ2) is 66.4. The highest BCUT2D eigenvalue weighted by Crippen LogP contribution is 2.43. The molecule has 0 aliphatic carbocycles. The molecule has 0 heterocycles. The van der Waals surface area contributed by atoms with Gasteiger partial charge in [-0.2, -0.15) is 0 Å². The number of ether oxygens (including phenoxy) is 2. The van der Waals surface area contributed by atoms with Crippen LogP contribution < -0.4 is 0 Å². The molecule has 0 rings (SSSR count). The summed E-state index contributed by atoms with van der Waals surface area (Å²) in [4.78, 5) is 35.9. The van der Waals surface area contributed by atoms with Crippen molar-refractivity contribution in [2.45, 2.75) is 418 Å². The zero-order valence-electron chi connectivity index (χ0n) is 57.4. The van der Waals surface area contributed by atoms with E-state index in [0.717, 1.165) is 38.5 Å². The minimum atomic E-state index is -4.39. The summed E-state index contributed by atoms with van der Waals surface area (Å²) in [5.41, 5.74) is 0. The lowest BCUT2D eigenvalue weighted by Gasteiger charge is -2.24. The molecule has 0 saturated carbocycles. The normalized spacial score (nSPS) is 13.0. The highest BCUT2D eigenvalue weighted by Gasteiger charge is 2.27. The van der Waals surface area contributed by atoms with Crippen molar-refractivity contribution in [2.75, 3.05) is 47.5 Å². The molecule has 0 aromatic rings. The van der Waals surface area contributed by atoms with Crippen LogP contribution in [-0.4, -0.2) is 74.9 Å². The Bertz CT molecular complexity index is 1370. The maximum atomic E-state index is 12.9. The first-order chi connectivity index (χ1) is 41.0. The molecule has 2 atom stereocenters. The number of phosphoric ester groups is 1. The van der Waals surface area contributed by atoms with E-state index in [2.05, 4.69) is 13.8 Å². The van der Waals surface area contributed by atoms with Crippen LogP contribution in [0.2, 0.25) is 0 Å². The van der Waals surface area contributed by atoms with E-state index in [1.807, 2.05) is 21.1 Å². The number of hydrogen-bond acceptors (Lipinski definition) is 7. The Morgan fingerprint density at radius 1 is 0.321 bits per heavy atom. The number of quaternary nitrogens is 1. The average Bonchev–Trinajstić information content (AvgIpc) is 3.61. The zero-order chi connectivity index (χ0) is 61.2. The number of nitrogens with zero attached hydrogens (tertiary/aromatic N) is 1. The molecule has 0 amide bonds. The largest absolute Gasteiger partial charge is 0.472 e. The molecule has 0 aliphatic heterocycles. The highest BCUT2D eigenvalue weighted by molar-refractivity contribution is 7.47. The SMILES string of the molecule is CCCCCCCCCCCCCCCCCCCCCCCCCCCCCCCCCCC(=O)OC(COC(=O)CCCCCCCCCCCCCCCCCCCCCCCCCCCCCC)COP(=O)(O)OCC[N+](C)(C)C. The second-order valence-corrected chi connectivity index (χ2v) is 28.9. The average molecular weight is 1210 g/mol. The van der Waals surface area contributed by atoms with Crippen molar-refractivity contribution in [1.82, 2.24) is 0 Å². The standard InChI is InChI=1S/C74H148NO8P/c1-6-8-10-12-14-16-18-20-22-24-26-28-30-32-34-36-37-38-39-41-43-45-47-49-51-53-55-57-59-61-63-65-67-74(77)83-72(71-82-84(78,79)81-69-68-75(3,4)5)70-80-73(76)66-64-62-60-58-56-54-52-50-48-46-44-42-40-35-33-31-29-27-25-23-21-19-17-15-13-11-9-7-2/h72H,6-71H2,1-5H3/p+1. The summed E-state index contributed by atoms with van der Waals surface area (Å²) in [6.07, 6.45) is 81.0. The van der Waals surface area contributed by atoms with Crippen molar-refractivity contribution in [1.29, 1.82) is 0 Å². The summed E-state index contributed by atoms with van der Waals surface area (Å²) in [5.74, 6) is -0.766. The Kier molecular flexibility index (Phi) is 65.6. The Labute approximate surface area is 524 Å². The van der Waals surface area contributed by atoms with E-state index in [4.69, 9.17) is 18.5 Å². The van der Waals surface area contributed by atoms with E-state index in [-0.39, 0.29) is 25.6 Å². The Balaban J connectivity index is 3.92. The lowest BCUT2D eigenvalue weighted by atomic mass is 10.0. The molecule has 0 aliphatic rings. The third-order valence-corrected chi connectivity index (χ3v) is 18.6. The zero-order valence-corrected chi connectivity index (χ0v) is 58.3. The lowest BCUT2D eigenvalue weighted by Crippen LogP contribution is -2.37. The van der Waals surface area contributed by atoms with Crippen molar-refractivity contribution in [3.8, 4) is 0 Å². The molecule has 0 aromatic heterocycles. The number of esters is 2. The van der Waals surface area contributed by atoms with Gasteiger partial charge in [-0.1, -0.05) is 386 Å². The molecule has 10 heteroatoms. The maximum Gasteiger partial charge on any atom is 0.472 e. The molecule has 0 aromatic carbocycles. The first-order valence-corrected chi connectivity index (χ1v) is 39.3. The molecule has 1 N–H and O–H groups in total. The number of rotatable bonds is 72. The summed E-state index contributed by atoms with van der Waals surface area (Å²) in [6.45, 7) is 4.54. The summed E-state index contributed by atoms with van der Waals surface area (Å²) in [5, 5.41) is 0. The lowest BCUT2D eigenvalue weighted by molar-refractivity contribution is -0.870. The van der Waals surface area contributed by atoms with Gasteiger partial charge >= 0.3 is 19.8 Å². The molecule has 0 fully saturated rings. The Hall–Kier alpha value is -0.990. The van der Waals surface area contributed by atoms with Crippen molar-refractivity contribution in [2.24, 2.45) is 0 Å². The third kappa shape index (κ3) is 70.1. The maximum absolute atomic E-state index is 12.9. The predicted octanol–water partition coefficient (Wildman–Crippen LogP) is 24.5. The molecule has 0 radical (unpaired) electrons. The molecule has 84 heavy (non-hydrogen) atoms. The van der Waals surface area contributed by atoms with E-state index in [1.165, 1.54) is 347 Å². The van der Waals surface area contributed by atoms with Crippen LogP contribution in [-0.2, 0) is 32.7 Å². The van der Waals surface area contributed by atoms with E-state index >= 15 is 0 Å². The summed E-state index contributed by atoms with van der Waals surface area (Å²) in [6, 6.07) is 0. The van der Waals surface area contributed by atoms with Gasteiger partial charge < -0.3 is 18.9 Å². The molecule has 2 unspecified atom stereocenters. The van der Waals surface area contributed by atoms with Gasteiger partial charge in [0.1, 0.15) is 19.8 Å². The molecular formula is C74H149NO8P+. The second-order valence-electron chi connectivity index (χ2n) is 27.4. The Morgan fingerprint density at radius 3 is 0.762 bits per heavy atom. The third-order valence-electron chi connectivity index (χ3n) is 17.6. The van der Waals surface area contributed by atoms with Crippen molar-refractivity contribution in [3.63, 3.8) is 0 Å². The Morgan fingerprint density at radius 2 is 0.536 bits per heavy atom. The van der Waals surface area contributed by atoms with Crippen LogP contribution in [0.4, 0.5) is 0 Å². The van der Waals surface area contributed by atoms with Crippen molar-refractivity contribution < 1.29 is 42.1 Å². The quantitative estimate of drug-likeness (QED) is 0.0278.